The Kier molecular flexibility index (Phi) is 3.55. The molecule has 2 saturated heterocycles. The van der Waals surface area contributed by atoms with E-state index in [0.29, 0.717) is 24.0 Å². The van der Waals surface area contributed by atoms with Crippen molar-refractivity contribution in [1.82, 2.24) is 9.27 Å². The molecule has 3 N–H and O–H groups in total. The van der Waals surface area contributed by atoms with Crippen LogP contribution in [0.4, 0.5) is 10.8 Å². The Balaban J connectivity index is 1.56. The van der Waals surface area contributed by atoms with Gasteiger partial charge in [0.05, 0.1) is 12.7 Å². The van der Waals surface area contributed by atoms with Crippen LogP contribution >= 0.6 is 11.5 Å². The molecule has 7 heteroatoms. The SMILES string of the molecule is N#Cc1c(N)nsc1NCC1CN2CCCC2CO1. The molecule has 0 aliphatic carbocycles. The number of hydrogen-bond donors (Lipinski definition) is 2. The summed E-state index contributed by atoms with van der Waals surface area (Å²) in [5.41, 5.74) is 6.07. The summed E-state index contributed by atoms with van der Waals surface area (Å²) in [7, 11) is 0. The first-order valence-electron chi connectivity index (χ1n) is 6.52. The third-order valence-corrected chi connectivity index (χ3v) is 4.60. The molecular formula is C12H17N5OS. The van der Waals surface area contributed by atoms with Crippen LogP contribution in [0, 0.1) is 11.3 Å². The van der Waals surface area contributed by atoms with Crippen LogP contribution < -0.4 is 11.1 Å². The molecule has 3 heterocycles. The van der Waals surface area contributed by atoms with Crippen molar-refractivity contribution in [2.75, 3.05) is 37.3 Å². The van der Waals surface area contributed by atoms with Gasteiger partial charge in [0.2, 0.25) is 0 Å². The second-order valence-electron chi connectivity index (χ2n) is 5.01. The van der Waals surface area contributed by atoms with E-state index in [0.717, 1.165) is 18.2 Å². The van der Waals surface area contributed by atoms with Gasteiger partial charge < -0.3 is 15.8 Å². The molecule has 2 fully saturated rings. The van der Waals surface area contributed by atoms with E-state index in [-0.39, 0.29) is 6.10 Å². The first-order valence-corrected chi connectivity index (χ1v) is 7.30. The van der Waals surface area contributed by atoms with E-state index in [4.69, 9.17) is 15.7 Å². The average molecular weight is 279 g/mol. The van der Waals surface area contributed by atoms with Crippen molar-refractivity contribution < 1.29 is 4.74 Å². The molecule has 19 heavy (non-hydrogen) atoms. The zero-order chi connectivity index (χ0) is 13.2. The standard InChI is InChI=1S/C12H17N5OS/c13-4-10-11(14)16-19-12(10)15-5-9-6-17-3-1-2-8(17)7-18-9/h8-9,15H,1-3,5-7H2,(H2,14,16). The highest BCUT2D eigenvalue weighted by molar-refractivity contribution is 7.10. The lowest BCUT2D eigenvalue weighted by molar-refractivity contribution is -0.0415. The minimum atomic E-state index is 0.171. The van der Waals surface area contributed by atoms with Crippen molar-refractivity contribution in [3.05, 3.63) is 5.56 Å². The smallest absolute Gasteiger partial charge is 0.157 e. The van der Waals surface area contributed by atoms with E-state index in [1.807, 2.05) is 0 Å². The largest absolute Gasteiger partial charge is 0.382 e. The summed E-state index contributed by atoms with van der Waals surface area (Å²) < 4.78 is 9.85. The number of nitrogens with zero attached hydrogens (tertiary/aromatic N) is 3. The van der Waals surface area contributed by atoms with Gasteiger partial charge in [-0.25, -0.2) is 0 Å². The maximum absolute atomic E-state index is 9.01. The van der Waals surface area contributed by atoms with E-state index in [9.17, 15) is 0 Å². The van der Waals surface area contributed by atoms with Crippen molar-refractivity contribution in [3.8, 4) is 6.07 Å². The number of ether oxygens (including phenoxy) is 1. The van der Waals surface area contributed by atoms with Gasteiger partial charge in [-0.05, 0) is 30.9 Å². The van der Waals surface area contributed by atoms with E-state index < -0.39 is 0 Å². The predicted octanol–water partition coefficient (Wildman–Crippen LogP) is 0.872. The highest BCUT2D eigenvalue weighted by Gasteiger charge is 2.32. The van der Waals surface area contributed by atoms with Crippen molar-refractivity contribution in [2.24, 2.45) is 0 Å². The van der Waals surface area contributed by atoms with Gasteiger partial charge in [0, 0.05) is 19.1 Å². The summed E-state index contributed by atoms with van der Waals surface area (Å²) in [6.07, 6.45) is 2.70. The second-order valence-corrected chi connectivity index (χ2v) is 5.78. The van der Waals surface area contributed by atoms with Gasteiger partial charge in [0.1, 0.15) is 16.6 Å². The molecule has 1 aromatic rings. The van der Waals surface area contributed by atoms with Gasteiger partial charge in [0.15, 0.2) is 5.82 Å². The molecule has 2 aliphatic rings. The normalized spacial score (nSPS) is 26.9. The quantitative estimate of drug-likeness (QED) is 0.854. The molecule has 1 aromatic heterocycles. The number of morpholine rings is 1. The Morgan fingerprint density at radius 1 is 1.63 bits per heavy atom. The zero-order valence-corrected chi connectivity index (χ0v) is 11.4. The molecule has 3 rings (SSSR count). The lowest BCUT2D eigenvalue weighted by Crippen LogP contribution is -2.48. The fourth-order valence-electron chi connectivity index (χ4n) is 2.75. The average Bonchev–Trinajstić information content (AvgIpc) is 3.01. The number of anilines is 2. The molecule has 2 aliphatic heterocycles. The lowest BCUT2D eigenvalue weighted by Gasteiger charge is -2.35. The molecule has 0 radical (unpaired) electrons. The minimum absolute atomic E-state index is 0.171. The molecular weight excluding hydrogens is 262 g/mol. The third-order valence-electron chi connectivity index (χ3n) is 3.78. The molecule has 0 bridgehead atoms. The van der Waals surface area contributed by atoms with Gasteiger partial charge in [-0.1, -0.05) is 0 Å². The Labute approximate surface area is 116 Å². The monoisotopic (exact) mass is 279 g/mol. The maximum Gasteiger partial charge on any atom is 0.157 e. The zero-order valence-electron chi connectivity index (χ0n) is 10.6. The number of nitrogen functional groups attached to an aromatic ring is 1. The van der Waals surface area contributed by atoms with E-state index in [2.05, 4.69) is 20.7 Å². The highest BCUT2D eigenvalue weighted by Crippen LogP contribution is 2.27. The molecule has 0 aromatic carbocycles. The number of nitrogens with two attached hydrogens (primary N) is 1. The topological polar surface area (TPSA) is 87.2 Å². The Hall–Kier alpha value is -1.36. The van der Waals surface area contributed by atoms with Gasteiger partial charge >= 0.3 is 0 Å². The van der Waals surface area contributed by atoms with Crippen molar-refractivity contribution in [3.63, 3.8) is 0 Å². The summed E-state index contributed by atoms with van der Waals surface area (Å²) in [5, 5.41) is 13.0. The highest BCUT2D eigenvalue weighted by atomic mass is 32.1. The summed E-state index contributed by atoms with van der Waals surface area (Å²) in [6.45, 7) is 3.66. The van der Waals surface area contributed by atoms with Crippen LogP contribution in [0.15, 0.2) is 0 Å². The Bertz CT molecular complexity index is 497. The van der Waals surface area contributed by atoms with E-state index >= 15 is 0 Å². The van der Waals surface area contributed by atoms with Crippen LogP contribution in [-0.4, -0.2) is 47.7 Å². The molecule has 0 saturated carbocycles. The van der Waals surface area contributed by atoms with Gasteiger partial charge in [0.25, 0.3) is 0 Å². The number of hydrogen-bond acceptors (Lipinski definition) is 7. The van der Waals surface area contributed by atoms with Gasteiger partial charge in [-0.2, -0.15) is 9.64 Å². The Morgan fingerprint density at radius 3 is 3.37 bits per heavy atom. The van der Waals surface area contributed by atoms with Gasteiger partial charge in [-0.15, -0.1) is 0 Å². The fourth-order valence-corrected chi connectivity index (χ4v) is 3.42. The van der Waals surface area contributed by atoms with Crippen molar-refractivity contribution in [1.29, 1.82) is 5.26 Å². The molecule has 6 nitrogen and oxygen atoms in total. The molecule has 2 atom stereocenters. The van der Waals surface area contributed by atoms with Crippen molar-refractivity contribution >= 4 is 22.4 Å². The molecule has 0 amide bonds. The van der Waals surface area contributed by atoms with Crippen LogP contribution in [0.3, 0.4) is 0 Å². The number of nitrogens with one attached hydrogen (secondary N) is 1. The van der Waals surface area contributed by atoms with Crippen LogP contribution in [-0.2, 0) is 4.74 Å². The van der Waals surface area contributed by atoms with E-state index in [1.54, 1.807) is 0 Å². The summed E-state index contributed by atoms with van der Waals surface area (Å²) in [4.78, 5) is 2.50. The maximum atomic E-state index is 9.01. The first kappa shape index (κ1) is 12.7. The van der Waals surface area contributed by atoms with Crippen LogP contribution in [0.2, 0.25) is 0 Å². The number of nitriles is 1. The lowest BCUT2D eigenvalue weighted by atomic mass is 10.2. The second kappa shape index (κ2) is 5.33. The molecule has 102 valence electrons. The minimum Gasteiger partial charge on any atom is -0.382 e. The summed E-state index contributed by atoms with van der Waals surface area (Å²) >= 11 is 1.23. The van der Waals surface area contributed by atoms with Crippen LogP contribution in [0.25, 0.3) is 0 Å². The Morgan fingerprint density at radius 2 is 2.53 bits per heavy atom. The number of fused-ring (bicyclic) bond motifs is 1. The summed E-state index contributed by atoms with van der Waals surface area (Å²) in [6, 6.07) is 2.69. The van der Waals surface area contributed by atoms with Gasteiger partial charge in [-0.3, -0.25) is 4.90 Å². The summed E-state index contributed by atoms with van der Waals surface area (Å²) in [5.74, 6) is 0.305. The van der Waals surface area contributed by atoms with Crippen molar-refractivity contribution in [2.45, 2.75) is 25.0 Å². The fraction of sp³-hybridized carbons (Fsp3) is 0.667. The molecule has 0 spiro atoms. The molecule has 2 unspecified atom stereocenters. The first-order chi connectivity index (χ1) is 9.28. The van der Waals surface area contributed by atoms with Crippen LogP contribution in [0.5, 0.6) is 0 Å². The van der Waals surface area contributed by atoms with E-state index in [1.165, 1.54) is 30.9 Å². The predicted molar refractivity (Wildman–Crippen MR) is 74.1 cm³/mol. The third kappa shape index (κ3) is 2.52. The van der Waals surface area contributed by atoms with Crippen LogP contribution in [0.1, 0.15) is 18.4 Å². The number of aromatic nitrogens is 1. The number of rotatable bonds is 3.